The Morgan fingerprint density at radius 1 is 1.29 bits per heavy atom. The number of carbonyl (C=O) groups is 2. The number of carboxylic acids is 1. The summed E-state index contributed by atoms with van der Waals surface area (Å²) in [4.78, 5) is 25.4. The number of carbonyl (C=O) groups excluding carboxylic acids is 1. The van der Waals surface area contributed by atoms with Crippen molar-refractivity contribution < 1.29 is 19.1 Å². The van der Waals surface area contributed by atoms with E-state index in [9.17, 15) is 9.59 Å². The second-order valence-electron chi connectivity index (χ2n) is 5.85. The average molecular weight is 293 g/mol. The van der Waals surface area contributed by atoms with E-state index in [0.717, 1.165) is 25.7 Å². The lowest BCUT2D eigenvalue weighted by Gasteiger charge is -2.27. The lowest BCUT2D eigenvalue weighted by molar-refractivity contribution is -0.136. The Morgan fingerprint density at radius 2 is 1.90 bits per heavy atom. The monoisotopic (exact) mass is 293 g/mol. The lowest BCUT2D eigenvalue weighted by atomic mass is 10.0. The standard InChI is InChI=1S/C16H23NO4/c1-11-10-21-13(9-14(18)19)15(11)16(20)17(2)12-7-5-3-4-6-8-12/h10,12H,3-9H2,1-2H3,(H,18,19). The Hall–Kier alpha value is -1.78. The summed E-state index contributed by atoms with van der Waals surface area (Å²) in [5, 5.41) is 8.92. The van der Waals surface area contributed by atoms with E-state index in [1.165, 1.54) is 19.1 Å². The molecule has 21 heavy (non-hydrogen) atoms. The molecule has 0 aromatic carbocycles. The molecule has 1 aliphatic rings. The van der Waals surface area contributed by atoms with Gasteiger partial charge in [0.1, 0.15) is 12.2 Å². The van der Waals surface area contributed by atoms with E-state index < -0.39 is 5.97 Å². The Bertz CT molecular complexity index is 512. The van der Waals surface area contributed by atoms with E-state index >= 15 is 0 Å². The van der Waals surface area contributed by atoms with Gasteiger partial charge in [0.2, 0.25) is 0 Å². The summed E-state index contributed by atoms with van der Waals surface area (Å²) in [6.07, 6.45) is 8.00. The van der Waals surface area contributed by atoms with Gasteiger partial charge in [0, 0.05) is 18.7 Å². The van der Waals surface area contributed by atoms with Crippen LogP contribution in [0.25, 0.3) is 0 Å². The molecule has 0 unspecified atom stereocenters. The summed E-state index contributed by atoms with van der Waals surface area (Å²) in [6.45, 7) is 1.78. The van der Waals surface area contributed by atoms with E-state index in [0.29, 0.717) is 11.1 Å². The SMILES string of the molecule is Cc1coc(CC(=O)O)c1C(=O)N(C)C1CCCCCC1. The van der Waals surface area contributed by atoms with Crippen LogP contribution in [-0.2, 0) is 11.2 Å². The van der Waals surface area contributed by atoms with Crippen LogP contribution in [0.3, 0.4) is 0 Å². The van der Waals surface area contributed by atoms with Gasteiger partial charge in [-0.1, -0.05) is 25.7 Å². The van der Waals surface area contributed by atoms with Gasteiger partial charge in [-0.25, -0.2) is 0 Å². The molecule has 5 heteroatoms. The van der Waals surface area contributed by atoms with Crippen molar-refractivity contribution in [1.82, 2.24) is 4.90 Å². The summed E-state index contributed by atoms with van der Waals surface area (Å²) in [6, 6.07) is 0.243. The predicted molar refractivity (Wildman–Crippen MR) is 78.4 cm³/mol. The lowest BCUT2D eigenvalue weighted by Crippen LogP contribution is -2.37. The number of aliphatic carboxylic acids is 1. The van der Waals surface area contributed by atoms with Gasteiger partial charge in [-0.3, -0.25) is 9.59 Å². The first kappa shape index (κ1) is 15.6. The van der Waals surface area contributed by atoms with Gasteiger partial charge in [0.15, 0.2) is 0 Å². The molecular formula is C16H23NO4. The van der Waals surface area contributed by atoms with Crippen LogP contribution in [0.2, 0.25) is 0 Å². The highest BCUT2D eigenvalue weighted by Gasteiger charge is 2.27. The molecule has 1 aromatic heterocycles. The number of rotatable bonds is 4. The molecule has 1 saturated carbocycles. The summed E-state index contributed by atoms with van der Waals surface area (Å²) in [5.41, 5.74) is 1.13. The van der Waals surface area contributed by atoms with Gasteiger partial charge in [0.05, 0.1) is 11.8 Å². The van der Waals surface area contributed by atoms with E-state index in [-0.39, 0.29) is 24.1 Å². The zero-order valence-electron chi connectivity index (χ0n) is 12.7. The molecular weight excluding hydrogens is 270 g/mol. The average Bonchev–Trinajstić information content (AvgIpc) is 2.67. The molecule has 1 N–H and O–H groups in total. The normalized spacial score (nSPS) is 16.5. The molecule has 1 aromatic rings. The van der Waals surface area contributed by atoms with Crippen LogP contribution in [0.4, 0.5) is 0 Å². The predicted octanol–water partition coefficient (Wildman–Crippen LogP) is 3.01. The minimum atomic E-state index is -0.990. The summed E-state index contributed by atoms with van der Waals surface area (Å²) >= 11 is 0. The molecule has 0 atom stereocenters. The molecule has 1 heterocycles. The first-order valence-electron chi connectivity index (χ1n) is 7.56. The largest absolute Gasteiger partial charge is 0.481 e. The number of carboxylic acid groups (broad SMARTS) is 1. The van der Waals surface area contributed by atoms with Gasteiger partial charge in [-0.05, 0) is 19.8 Å². The fourth-order valence-electron chi connectivity index (χ4n) is 3.04. The summed E-state index contributed by atoms with van der Waals surface area (Å²) in [7, 11) is 1.81. The van der Waals surface area contributed by atoms with Crippen molar-refractivity contribution in [1.29, 1.82) is 0 Å². The topological polar surface area (TPSA) is 70.7 Å². The van der Waals surface area contributed by atoms with Gasteiger partial charge >= 0.3 is 5.97 Å². The second kappa shape index (κ2) is 6.78. The highest BCUT2D eigenvalue weighted by atomic mass is 16.4. The second-order valence-corrected chi connectivity index (χ2v) is 5.85. The highest BCUT2D eigenvalue weighted by molar-refractivity contribution is 5.97. The maximum Gasteiger partial charge on any atom is 0.311 e. The minimum Gasteiger partial charge on any atom is -0.481 e. The fraction of sp³-hybridized carbons (Fsp3) is 0.625. The molecule has 116 valence electrons. The fourth-order valence-corrected chi connectivity index (χ4v) is 3.04. The molecule has 1 aliphatic carbocycles. The molecule has 0 spiro atoms. The van der Waals surface area contributed by atoms with Gasteiger partial charge in [-0.15, -0.1) is 0 Å². The van der Waals surface area contributed by atoms with E-state index in [1.54, 1.807) is 11.8 Å². The van der Waals surface area contributed by atoms with Crippen molar-refractivity contribution in [2.75, 3.05) is 7.05 Å². The number of hydrogen-bond donors (Lipinski definition) is 1. The van der Waals surface area contributed by atoms with E-state index in [1.807, 2.05) is 7.05 Å². The maximum absolute atomic E-state index is 12.7. The molecule has 0 aliphatic heterocycles. The van der Waals surface area contributed by atoms with Crippen LogP contribution in [0.5, 0.6) is 0 Å². The quantitative estimate of drug-likeness (QED) is 0.866. The van der Waals surface area contributed by atoms with Crippen molar-refractivity contribution in [2.24, 2.45) is 0 Å². The van der Waals surface area contributed by atoms with Crippen LogP contribution in [0.1, 0.15) is 60.2 Å². The number of amides is 1. The van der Waals surface area contributed by atoms with Crippen molar-refractivity contribution in [3.05, 3.63) is 23.2 Å². The molecule has 0 radical (unpaired) electrons. The zero-order valence-corrected chi connectivity index (χ0v) is 12.7. The molecule has 1 fully saturated rings. The molecule has 1 amide bonds. The molecule has 5 nitrogen and oxygen atoms in total. The molecule has 0 saturated heterocycles. The van der Waals surface area contributed by atoms with Crippen molar-refractivity contribution in [2.45, 2.75) is 57.9 Å². The van der Waals surface area contributed by atoms with Gasteiger partial charge in [-0.2, -0.15) is 0 Å². The maximum atomic E-state index is 12.7. The van der Waals surface area contributed by atoms with Gasteiger partial charge < -0.3 is 14.4 Å². The van der Waals surface area contributed by atoms with Crippen LogP contribution in [0.15, 0.2) is 10.7 Å². The summed E-state index contributed by atoms with van der Waals surface area (Å²) in [5.74, 6) is -0.856. The Balaban J connectivity index is 2.18. The van der Waals surface area contributed by atoms with Crippen molar-refractivity contribution >= 4 is 11.9 Å². The van der Waals surface area contributed by atoms with Crippen LogP contribution >= 0.6 is 0 Å². The minimum absolute atomic E-state index is 0.121. The Kier molecular flexibility index (Phi) is 5.04. The smallest absolute Gasteiger partial charge is 0.311 e. The zero-order chi connectivity index (χ0) is 15.4. The number of hydrogen-bond acceptors (Lipinski definition) is 3. The Morgan fingerprint density at radius 3 is 2.48 bits per heavy atom. The third kappa shape index (κ3) is 3.65. The third-order valence-corrected chi connectivity index (χ3v) is 4.27. The van der Waals surface area contributed by atoms with Crippen LogP contribution in [-0.4, -0.2) is 35.0 Å². The highest BCUT2D eigenvalue weighted by Crippen LogP contribution is 2.25. The molecule has 0 bridgehead atoms. The first-order chi connectivity index (χ1) is 10.0. The summed E-state index contributed by atoms with van der Waals surface area (Å²) < 4.78 is 5.26. The first-order valence-corrected chi connectivity index (χ1v) is 7.56. The van der Waals surface area contributed by atoms with Crippen LogP contribution in [0, 0.1) is 6.92 Å². The van der Waals surface area contributed by atoms with E-state index in [4.69, 9.17) is 9.52 Å². The molecule has 2 rings (SSSR count). The van der Waals surface area contributed by atoms with E-state index in [2.05, 4.69) is 0 Å². The van der Waals surface area contributed by atoms with Crippen molar-refractivity contribution in [3.63, 3.8) is 0 Å². The third-order valence-electron chi connectivity index (χ3n) is 4.27. The number of aryl methyl sites for hydroxylation is 1. The number of furan rings is 1. The number of nitrogens with zero attached hydrogens (tertiary/aromatic N) is 1. The van der Waals surface area contributed by atoms with Gasteiger partial charge in [0.25, 0.3) is 5.91 Å². The Labute approximate surface area is 124 Å². The van der Waals surface area contributed by atoms with Crippen molar-refractivity contribution in [3.8, 4) is 0 Å². The van der Waals surface area contributed by atoms with Crippen LogP contribution < -0.4 is 0 Å².